The van der Waals surface area contributed by atoms with Crippen LogP contribution in [0.5, 0.6) is 0 Å². The molecule has 0 amide bonds. The Morgan fingerprint density at radius 2 is 1.38 bits per heavy atom. The number of aryl methyl sites for hydroxylation is 2. The van der Waals surface area contributed by atoms with E-state index in [9.17, 15) is 9.59 Å². The summed E-state index contributed by atoms with van der Waals surface area (Å²) in [5.74, 6) is 4.69. The molecule has 24 heavy (non-hydrogen) atoms. The zero-order valence-electron chi connectivity index (χ0n) is 14.0. The number of methoxy groups -OCH3 is 2. The van der Waals surface area contributed by atoms with E-state index in [4.69, 9.17) is 9.47 Å². The van der Waals surface area contributed by atoms with E-state index in [2.05, 4.69) is 16.8 Å². The average Bonchev–Trinajstić information content (AvgIpc) is 2.59. The van der Waals surface area contributed by atoms with Crippen molar-refractivity contribution in [3.63, 3.8) is 0 Å². The fraction of sp³-hybridized carbons (Fsp3) is 0.211. The van der Waals surface area contributed by atoms with Crippen LogP contribution in [0.3, 0.4) is 0 Å². The number of benzene rings is 1. The van der Waals surface area contributed by atoms with Crippen LogP contribution in [0.25, 0.3) is 0 Å². The van der Waals surface area contributed by atoms with Gasteiger partial charge < -0.3 is 9.47 Å². The maximum atomic E-state index is 12.2. The number of carbonyl (C=O) groups excluding carboxylic acids is 2. The van der Waals surface area contributed by atoms with Crippen molar-refractivity contribution >= 4 is 11.9 Å². The Kier molecular flexibility index (Phi) is 5.33. The molecule has 1 aromatic heterocycles. The fourth-order valence-corrected chi connectivity index (χ4v) is 2.33. The van der Waals surface area contributed by atoms with Crippen LogP contribution < -0.4 is 0 Å². The van der Waals surface area contributed by atoms with Crippen LogP contribution >= 0.6 is 0 Å². The molecular formula is C19H17NO4. The van der Waals surface area contributed by atoms with Crippen molar-refractivity contribution in [1.29, 1.82) is 0 Å². The van der Waals surface area contributed by atoms with Gasteiger partial charge in [0.1, 0.15) is 0 Å². The number of carbonyl (C=O) groups is 2. The van der Waals surface area contributed by atoms with Crippen molar-refractivity contribution in [2.24, 2.45) is 0 Å². The van der Waals surface area contributed by atoms with Crippen molar-refractivity contribution in [2.75, 3.05) is 14.2 Å². The molecule has 0 bridgehead atoms. The minimum atomic E-state index is -0.595. The summed E-state index contributed by atoms with van der Waals surface area (Å²) in [4.78, 5) is 28.6. The third-order valence-corrected chi connectivity index (χ3v) is 3.44. The van der Waals surface area contributed by atoms with Gasteiger partial charge in [0, 0.05) is 5.56 Å². The van der Waals surface area contributed by atoms with E-state index in [1.54, 1.807) is 13.8 Å². The molecule has 0 aliphatic carbocycles. The van der Waals surface area contributed by atoms with E-state index in [-0.39, 0.29) is 16.7 Å². The Labute approximate surface area is 140 Å². The number of pyridine rings is 1. The standard InChI is InChI=1S/C19H17NO4/c1-12-16(18(21)23-3)15(11-10-14-8-6-5-7-9-14)17(13(2)20-12)19(22)24-4/h5-9H,1-4H3. The summed E-state index contributed by atoms with van der Waals surface area (Å²) in [6, 6.07) is 9.27. The Bertz CT molecular complexity index is 805. The van der Waals surface area contributed by atoms with Crippen LogP contribution in [-0.2, 0) is 9.47 Å². The topological polar surface area (TPSA) is 65.5 Å². The highest BCUT2D eigenvalue weighted by Gasteiger charge is 2.25. The molecule has 0 saturated heterocycles. The van der Waals surface area contributed by atoms with Crippen molar-refractivity contribution in [2.45, 2.75) is 13.8 Å². The summed E-state index contributed by atoms with van der Waals surface area (Å²) >= 11 is 0. The van der Waals surface area contributed by atoms with Crippen LogP contribution in [0.4, 0.5) is 0 Å². The molecule has 2 rings (SSSR count). The normalized spacial score (nSPS) is 9.67. The van der Waals surface area contributed by atoms with E-state index >= 15 is 0 Å². The lowest BCUT2D eigenvalue weighted by Crippen LogP contribution is -2.16. The van der Waals surface area contributed by atoms with E-state index in [1.165, 1.54) is 14.2 Å². The lowest BCUT2D eigenvalue weighted by atomic mass is 9.98. The van der Waals surface area contributed by atoms with Crippen molar-refractivity contribution < 1.29 is 19.1 Å². The summed E-state index contributed by atoms with van der Waals surface area (Å²) in [6.45, 7) is 3.35. The zero-order chi connectivity index (χ0) is 17.7. The number of ether oxygens (including phenoxy) is 2. The first-order valence-electron chi connectivity index (χ1n) is 7.24. The Balaban J connectivity index is 2.76. The van der Waals surface area contributed by atoms with E-state index in [0.29, 0.717) is 11.4 Å². The van der Waals surface area contributed by atoms with Gasteiger partial charge in [0.15, 0.2) is 0 Å². The minimum absolute atomic E-state index is 0.173. The predicted octanol–water partition coefficient (Wildman–Crippen LogP) is 2.67. The van der Waals surface area contributed by atoms with Gasteiger partial charge in [-0.3, -0.25) is 4.98 Å². The third-order valence-electron chi connectivity index (χ3n) is 3.44. The maximum absolute atomic E-state index is 12.2. The van der Waals surface area contributed by atoms with Gasteiger partial charge in [-0.15, -0.1) is 0 Å². The molecule has 1 heterocycles. The average molecular weight is 323 g/mol. The van der Waals surface area contributed by atoms with E-state index < -0.39 is 11.9 Å². The second kappa shape index (κ2) is 7.42. The van der Waals surface area contributed by atoms with Crippen molar-refractivity contribution in [3.05, 3.63) is 64.0 Å². The predicted molar refractivity (Wildman–Crippen MR) is 88.8 cm³/mol. The molecule has 0 N–H and O–H groups in total. The second-order valence-corrected chi connectivity index (χ2v) is 5.01. The smallest absolute Gasteiger partial charge is 0.341 e. The third kappa shape index (κ3) is 3.44. The van der Waals surface area contributed by atoms with Crippen molar-refractivity contribution in [1.82, 2.24) is 4.98 Å². The van der Waals surface area contributed by atoms with Crippen molar-refractivity contribution in [3.8, 4) is 11.8 Å². The van der Waals surface area contributed by atoms with Gasteiger partial charge in [0.05, 0.1) is 42.3 Å². The highest BCUT2D eigenvalue weighted by atomic mass is 16.5. The Morgan fingerprint density at radius 3 is 1.83 bits per heavy atom. The largest absolute Gasteiger partial charge is 0.465 e. The molecule has 0 saturated carbocycles. The number of hydrogen-bond acceptors (Lipinski definition) is 5. The van der Waals surface area contributed by atoms with Gasteiger partial charge in [-0.1, -0.05) is 30.0 Å². The number of aromatic nitrogens is 1. The van der Waals surface area contributed by atoms with Crippen LogP contribution in [0, 0.1) is 25.7 Å². The molecule has 0 aliphatic heterocycles. The highest BCUT2D eigenvalue weighted by Crippen LogP contribution is 2.22. The molecule has 0 atom stereocenters. The fourth-order valence-electron chi connectivity index (χ4n) is 2.33. The maximum Gasteiger partial charge on any atom is 0.341 e. The molecule has 5 nitrogen and oxygen atoms in total. The molecule has 5 heteroatoms. The van der Waals surface area contributed by atoms with Crippen LogP contribution in [-0.4, -0.2) is 31.1 Å². The Morgan fingerprint density at radius 1 is 0.875 bits per heavy atom. The molecule has 1 aromatic carbocycles. The number of nitrogens with zero attached hydrogens (tertiary/aromatic N) is 1. The summed E-state index contributed by atoms with van der Waals surface area (Å²) in [5, 5.41) is 0. The lowest BCUT2D eigenvalue weighted by molar-refractivity contribution is 0.0596. The van der Waals surface area contributed by atoms with Gasteiger partial charge in [-0.25, -0.2) is 9.59 Å². The molecule has 0 spiro atoms. The Hall–Kier alpha value is -3.13. The van der Waals surface area contributed by atoms with Crippen LogP contribution in [0.15, 0.2) is 30.3 Å². The van der Waals surface area contributed by atoms with Gasteiger partial charge in [-0.05, 0) is 26.0 Å². The number of esters is 2. The van der Waals surface area contributed by atoms with E-state index in [0.717, 1.165) is 5.56 Å². The molecule has 0 fully saturated rings. The summed E-state index contributed by atoms with van der Waals surface area (Å²) in [5.41, 5.74) is 2.27. The summed E-state index contributed by atoms with van der Waals surface area (Å²) < 4.78 is 9.64. The van der Waals surface area contributed by atoms with Crippen LogP contribution in [0.1, 0.15) is 43.2 Å². The van der Waals surface area contributed by atoms with Gasteiger partial charge >= 0.3 is 11.9 Å². The zero-order valence-corrected chi connectivity index (χ0v) is 14.0. The molecule has 0 aliphatic rings. The van der Waals surface area contributed by atoms with E-state index in [1.807, 2.05) is 30.3 Å². The first-order chi connectivity index (χ1) is 11.5. The first-order valence-corrected chi connectivity index (χ1v) is 7.24. The molecular weight excluding hydrogens is 306 g/mol. The number of rotatable bonds is 2. The monoisotopic (exact) mass is 323 g/mol. The lowest BCUT2D eigenvalue weighted by Gasteiger charge is -2.12. The summed E-state index contributed by atoms with van der Waals surface area (Å²) in [6.07, 6.45) is 0. The molecule has 0 radical (unpaired) electrons. The highest BCUT2D eigenvalue weighted by molar-refractivity contribution is 6.01. The van der Waals surface area contributed by atoms with Gasteiger partial charge in [-0.2, -0.15) is 0 Å². The molecule has 0 unspecified atom stereocenters. The molecule has 122 valence electrons. The first kappa shape index (κ1) is 17.2. The molecule has 2 aromatic rings. The quantitative estimate of drug-likeness (QED) is 0.628. The van der Waals surface area contributed by atoms with Crippen LogP contribution in [0.2, 0.25) is 0 Å². The minimum Gasteiger partial charge on any atom is -0.465 e. The van der Waals surface area contributed by atoms with Gasteiger partial charge in [0.25, 0.3) is 0 Å². The van der Waals surface area contributed by atoms with Gasteiger partial charge in [0.2, 0.25) is 0 Å². The SMILES string of the molecule is COC(=O)c1c(C)nc(C)c(C(=O)OC)c1C#Cc1ccccc1. The number of hydrogen-bond donors (Lipinski definition) is 0. The summed E-state index contributed by atoms with van der Waals surface area (Å²) in [7, 11) is 2.54. The second-order valence-electron chi connectivity index (χ2n) is 5.01.